The first kappa shape index (κ1) is 19.4. The van der Waals surface area contributed by atoms with Gasteiger partial charge in [-0.3, -0.25) is 0 Å². The Bertz CT molecular complexity index is 1360. The van der Waals surface area contributed by atoms with Gasteiger partial charge in [-0.2, -0.15) is 0 Å². The molecule has 30 heavy (non-hydrogen) atoms. The van der Waals surface area contributed by atoms with E-state index in [-0.39, 0.29) is 17.8 Å². The molecule has 0 radical (unpaired) electrons. The molecule has 4 aromatic rings. The highest BCUT2D eigenvalue weighted by molar-refractivity contribution is 5.95. The van der Waals surface area contributed by atoms with Gasteiger partial charge >= 0.3 is 17.2 Å². The van der Waals surface area contributed by atoms with Gasteiger partial charge < -0.3 is 18.3 Å². The maximum atomic E-state index is 12.6. The van der Waals surface area contributed by atoms with Crippen LogP contribution in [0.15, 0.2) is 73.0 Å². The summed E-state index contributed by atoms with van der Waals surface area (Å²) in [6, 6.07) is 14.9. The Morgan fingerprint density at radius 1 is 0.967 bits per heavy atom. The van der Waals surface area contributed by atoms with E-state index in [4.69, 9.17) is 18.3 Å². The van der Waals surface area contributed by atoms with Gasteiger partial charge in [0.15, 0.2) is 6.10 Å². The summed E-state index contributed by atoms with van der Waals surface area (Å²) in [5, 5.41) is 1.27. The molecule has 0 aliphatic carbocycles. The second kappa shape index (κ2) is 7.87. The second-order valence-electron chi connectivity index (χ2n) is 6.63. The molecule has 2 aromatic carbocycles. The molecule has 2 aromatic heterocycles. The Morgan fingerprint density at radius 2 is 1.77 bits per heavy atom. The van der Waals surface area contributed by atoms with Crippen LogP contribution >= 0.6 is 0 Å². The molecular weight excluding hydrogens is 388 g/mol. The SMILES string of the molecule is CCOC(=O)C(C)Oc1ccc2c(-c3cc4ccccc4oc3=O)cc(=O)oc2c1. The van der Waals surface area contributed by atoms with Crippen molar-refractivity contribution in [1.82, 2.24) is 0 Å². The summed E-state index contributed by atoms with van der Waals surface area (Å²) in [4.78, 5) is 36.5. The zero-order valence-electron chi connectivity index (χ0n) is 16.3. The molecule has 0 N–H and O–H groups in total. The Balaban J connectivity index is 1.81. The van der Waals surface area contributed by atoms with Gasteiger partial charge in [0.2, 0.25) is 0 Å². The van der Waals surface area contributed by atoms with Crippen molar-refractivity contribution in [2.45, 2.75) is 20.0 Å². The molecule has 0 bridgehead atoms. The summed E-state index contributed by atoms with van der Waals surface area (Å²) >= 11 is 0. The molecule has 2 heterocycles. The van der Waals surface area contributed by atoms with Gasteiger partial charge in [-0.1, -0.05) is 18.2 Å². The molecule has 4 rings (SSSR count). The highest BCUT2D eigenvalue weighted by Crippen LogP contribution is 2.30. The standard InChI is InChI=1S/C23H18O7/c1-3-27-22(25)13(2)28-15-8-9-16-17(12-21(24)29-20(16)11-15)18-10-14-6-4-5-7-19(14)30-23(18)26/h4-13H,3H2,1-2H3. The van der Waals surface area contributed by atoms with Gasteiger partial charge in [-0.05, 0) is 38.1 Å². The number of ether oxygens (including phenoxy) is 2. The van der Waals surface area contributed by atoms with Crippen LogP contribution in [0, 0.1) is 0 Å². The van der Waals surface area contributed by atoms with E-state index >= 15 is 0 Å². The van der Waals surface area contributed by atoms with Gasteiger partial charge in [-0.15, -0.1) is 0 Å². The van der Waals surface area contributed by atoms with Crippen LogP contribution in [-0.2, 0) is 9.53 Å². The number of hydrogen-bond acceptors (Lipinski definition) is 7. The lowest BCUT2D eigenvalue weighted by Crippen LogP contribution is -2.26. The number of esters is 1. The van der Waals surface area contributed by atoms with Gasteiger partial charge in [0.1, 0.15) is 16.9 Å². The van der Waals surface area contributed by atoms with Crippen LogP contribution in [-0.4, -0.2) is 18.7 Å². The molecule has 7 heteroatoms. The maximum absolute atomic E-state index is 12.6. The summed E-state index contributed by atoms with van der Waals surface area (Å²) in [5.74, 6) is -0.171. The predicted octanol–water partition coefficient (Wildman–Crippen LogP) is 3.90. The quantitative estimate of drug-likeness (QED) is 0.366. The highest BCUT2D eigenvalue weighted by atomic mass is 16.6. The Morgan fingerprint density at radius 3 is 2.57 bits per heavy atom. The van der Waals surface area contributed by atoms with E-state index < -0.39 is 23.3 Å². The zero-order valence-corrected chi connectivity index (χ0v) is 16.3. The normalized spacial score (nSPS) is 12.1. The molecule has 0 saturated carbocycles. The van der Waals surface area contributed by atoms with Crippen molar-refractivity contribution in [3.63, 3.8) is 0 Å². The minimum absolute atomic E-state index is 0.221. The highest BCUT2D eigenvalue weighted by Gasteiger charge is 2.18. The van der Waals surface area contributed by atoms with Crippen molar-refractivity contribution in [3.05, 3.63) is 75.4 Å². The summed E-state index contributed by atoms with van der Waals surface area (Å²) in [5.41, 5.74) is 0.143. The van der Waals surface area contributed by atoms with E-state index in [2.05, 4.69) is 0 Å². The van der Waals surface area contributed by atoms with Crippen LogP contribution in [0.3, 0.4) is 0 Å². The summed E-state index contributed by atoms with van der Waals surface area (Å²) in [6.07, 6.45) is -0.829. The summed E-state index contributed by atoms with van der Waals surface area (Å²) in [7, 11) is 0. The topological polar surface area (TPSA) is 96.0 Å². The van der Waals surface area contributed by atoms with Crippen molar-refractivity contribution in [2.75, 3.05) is 6.61 Å². The molecule has 1 unspecified atom stereocenters. The number of fused-ring (bicyclic) bond motifs is 2. The summed E-state index contributed by atoms with van der Waals surface area (Å²) in [6.45, 7) is 3.52. The molecular formula is C23H18O7. The fourth-order valence-electron chi connectivity index (χ4n) is 3.20. The van der Waals surface area contributed by atoms with Crippen LogP contribution < -0.4 is 16.0 Å². The van der Waals surface area contributed by atoms with Crippen molar-refractivity contribution >= 4 is 27.9 Å². The molecule has 7 nitrogen and oxygen atoms in total. The van der Waals surface area contributed by atoms with Crippen LogP contribution in [0.2, 0.25) is 0 Å². The minimum Gasteiger partial charge on any atom is -0.479 e. The van der Waals surface area contributed by atoms with Gasteiger partial charge in [0.25, 0.3) is 0 Å². The van der Waals surface area contributed by atoms with E-state index in [1.165, 1.54) is 12.1 Å². The zero-order chi connectivity index (χ0) is 21.3. The number of rotatable bonds is 5. The first-order valence-electron chi connectivity index (χ1n) is 9.40. The number of benzene rings is 2. The first-order valence-corrected chi connectivity index (χ1v) is 9.40. The molecule has 1 atom stereocenters. The minimum atomic E-state index is -0.829. The third kappa shape index (κ3) is 3.69. The fourth-order valence-corrected chi connectivity index (χ4v) is 3.20. The van der Waals surface area contributed by atoms with Crippen LogP contribution in [0.5, 0.6) is 5.75 Å². The predicted molar refractivity (Wildman–Crippen MR) is 111 cm³/mol. The van der Waals surface area contributed by atoms with E-state index in [1.807, 2.05) is 12.1 Å². The van der Waals surface area contributed by atoms with Crippen molar-refractivity contribution in [3.8, 4) is 16.9 Å². The number of carbonyl (C=O) groups excluding carboxylic acids is 1. The molecule has 0 aliphatic rings. The second-order valence-corrected chi connectivity index (χ2v) is 6.63. The largest absolute Gasteiger partial charge is 0.479 e. The molecule has 0 spiro atoms. The van der Waals surface area contributed by atoms with E-state index in [0.29, 0.717) is 22.3 Å². The Hall–Kier alpha value is -3.87. The smallest absolute Gasteiger partial charge is 0.347 e. The lowest BCUT2D eigenvalue weighted by Gasteiger charge is -2.14. The van der Waals surface area contributed by atoms with Crippen LogP contribution in [0.25, 0.3) is 33.1 Å². The third-order valence-electron chi connectivity index (χ3n) is 4.58. The lowest BCUT2D eigenvalue weighted by atomic mass is 10.0. The third-order valence-corrected chi connectivity index (χ3v) is 4.58. The molecule has 0 saturated heterocycles. The van der Waals surface area contributed by atoms with Crippen molar-refractivity contribution < 1.29 is 23.1 Å². The molecule has 0 fully saturated rings. The first-order chi connectivity index (χ1) is 14.5. The average Bonchev–Trinajstić information content (AvgIpc) is 2.72. The van der Waals surface area contributed by atoms with Crippen LogP contribution in [0.4, 0.5) is 0 Å². The monoisotopic (exact) mass is 406 g/mol. The fraction of sp³-hybridized carbons (Fsp3) is 0.174. The molecule has 0 amide bonds. The van der Waals surface area contributed by atoms with Crippen molar-refractivity contribution in [1.29, 1.82) is 0 Å². The maximum Gasteiger partial charge on any atom is 0.347 e. The van der Waals surface area contributed by atoms with Crippen molar-refractivity contribution in [2.24, 2.45) is 0 Å². The lowest BCUT2D eigenvalue weighted by molar-refractivity contribution is -0.150. The van der Waals surface area contributed by atoms with Gasteiger partial charge in [-0.25, -0.2) is 14.4 Å². The van der Waals surface area contributed by atoms with E-state index in [0.717, 1.165) is 5.39 Å². The average molecular weight is 406 g/mol. The Labute approximate surface area is 170 Å². The van der Waals surface area contributed by atoms with E-state index in [1.54, 1.807) is 44.2 Å². The van der Waals surface area contributed by atoms with Gasteiger partial charge in [0, 0.05) is 28.5 Å². The molecule has 0 aliphatic heterocycles. The number of para-hydroxylation sites is 1. The molecule has 152 valence electrons. The van der Waals surface area contributed by atoms with Crippen LogP contribution in [0.1, 0.15) is 13.8 Å². The summed E-state index contributed by atoms with van der Waals surface area (Å²) < 4.78 is 21.2. The van der Waals surface area contributed by atoms with Gasteiger partial charge in [0.05, 0.1) is 12.2 Å². The number of hydrogen-bond donors (Lipinski definition) is 0. The van der Waals surface area contributed by atoms with E-state index in [9.17, 15) is 14.4 Å². The number of carbonyl (C=O) groups is 1. The Kier molecular flexibility index (Phi) is 5.10.